The Kier molecular flexibility index (Phi) is 13.7. The summed E-state index contributed by atoms with van der Waals surface area (Å²) in [5.41, 5.74) is 11.3. The topological polar surface area (TPSA) is 87.0 Å². The summed E-state index contributed by atoms with van der Waals surface area (Å²) >= 11 is 0. The summed E-state index contributed by atoms with van der Waals surface area (Å²) in [5, 5.41) is 0. The molecule has 0 aliphatic carbocycles. The Bertz CT molecular complexity index is 2120. The molecule has 0 bridgehead atoms. The Balaban J connectivity index is 1.12. The monoisotopic (exact) mass is 858 g/mol. The van der Waals surface area contributed by atoms with Crippen molar-refractivity contribution in [3.63, 3.8) is 0 Å². The third-order valence-electron chi connectivity index (χ3n) is 12.0. The van der Waals surface area contributed by atoms with Crippen LogP contribution in [0, 0.1) is 0 Å². The van der Waals surface area contributed by atoms with Gasteiger partial charge in [0.2, 0.25) is 0 Å². The number of hydrogen-bond acceptors (Lipinski definition) is 8. The lowest BCUT2D eigenvalue weighted by Gasteiger charge is -2.25. The van der Waals surface area contributed by atoms with Gasteiger partial charge in [-0.1, -0.05) is 97.1 Å². The van der Waals surface area contributed by atoms with E-state index >= 15 is 0 Å². The molecule has 330 valence electrons. The minimum atomic E-state index is -0.0987. The Morgan fingerprint density at radius 1 is 0.375 bits per heavy atom. The van der Waals surface area contributed by atoms with Crippen LogP contribution in [0.5, 0.6) is 23.0 Å². The number of ether oxygens (including phenoxy) is 8. The van der Waals surface area contributed by atoms with Crippen molar-refractivity contribution < 1.29 is 37.9 Å². The van der Waals surface area contributed by atoms with Gasteiger partial charge in [0.1, 0.15) is 73.8 Å². The predicted molar refractivity (Wildman–Crippen MR) is 251 cm³/mol. The van der Waals surface area contributed by atoms with E-state index in [1.807, 2.05) is 24.3 Å². The Morgan fingerprint density at radius 3 is 0.797 bits per heavy atom. The van der Waals surface area contributed by atoms with Crippen LogP contribution in [0.15, 0.2) is 148 Å². The minimum absolute atomic E-state index is 0.0987. The van der Waals surface area contributed by atoms with Gasteiger partial charge in [0.05, 0.1) is 26.4 Å². The summed E-state index contributed by atoms with van der Waals surface area (Å²) in [5.74, 6) is 3.23. The van der Waals surface area contributed by atoms with E-state index in [1.165, 1.54) is 0 Å². The van der Waals surface area contributed by atoms with E-state index < -0.39 is 0 Å². The molecule has 0 spiro atoms. The quantitative estimate of drug-likeness (QED) is 0.0309. The summed E-state index contributed by atoms with van der Waals surface area (Å²) in [7, 11) is 0. The van der Waals surface area contributed by atoms with Gasteiger partial charge in [0.25, 0.3) is 0 Å². The average Bonchev–Trinajstić information content (AvgIpc) is 4.08. The third kappa shape index (κ3) is 11.1. The van der Waals surface area contributed by atoms with Crippen molar-refractivity contribution in [2.75, 3.05) is 52.9 Å². The summed E-state index contributed by atoms with van der Waals surface area (Å²) < 4.78 is 46.9. The van der Waals surface area contributed by atoms with Crippen LogP contribution in [0.4, 0.5) is 0 Å². The molecule has 5 aromatic rings. The fraction of sp³-hybridized carbons (Fsp3) is 0.321. The zero-order valence-electron chi connectivity index (χ0n) is 36.6. The second-order valence-corrected chi connectivity index (χ2v) is 17.0. The van der Waals surface area contributed by atoms with Crippen LogP contribution >= 0.6 is 0 Å². The van der Waals surface area contributed by atoms with Crippen LogP contribution in [0.3, 0.4) is 0 Å². The molecule has 4 saturated heterocycles. The summed E-state index contributed by atoms with van der Waals surface area (Å²) in [6.45, 7) is 21.4. The molecule has 64 heavy (non-hydrogen) atoms. The fourth-order valence-electron chi connectivity index (χ4n) is 8.36. The molecule has 8 nitrogen and oxygen atoms in total. The first-order valence-corrected chi connectivity index (χ1v) is 22.5. The molecule has 0 N–H and O–H groups in total. The molecular formula is C56H58O8. The van der Waals surface area contributed by atoms with Gasteiger partial charge in [0, 0.05) is 11.8 Å². The van der Waals surface area contributed by atoms with Gasteiger partial charge in [-0.05, 0) is 106 Å². The maximum absolute atomic E-state index is 6.27. The molecule has 4 unspecified atom stereocenters. The van der Waals surface area contributed by atoms with Gasteiger partial charge >= 0.3 is 0 Å². The Labute approximate surface area is 377 Å². The van der Waals surface area contributed by atoms with E-state index in [4.69, 9.17) is 37.9 Å². The van der Waals surface area contributed by atoms with E-state index in [1.54, 1.807) is 0 Å². The lowest BCUT2D eigenvalue weighted by atomic mass is 9.80. The van der Waals surface area contributed by atoms with E-state index in [0.29, 0.717) is 52.1 Å². The zero-order chi connectivity index (χ0) is 43.8. The van der Waals surface area contributed by atoms with Crippen LogP contribution in [0.25, 0.3) is 0 Å². The molecule has 8 heteroatoms. The standard InChI is InChI=1S/C56H58O8/c1-5-9-39-25-43(17-21-51(39)61-33-47-29-57-47)55(44-18-22-52(40(26-44)10-6-2)62-34-48-30-58-48)37-13-15-38(16-14-37)56(45-19-23-53(41(27-45)11-7-3)63-35-49-31-59-49)46-20-24-54(42(28-46)12-8-4)64-36-50-32-60-50/h5-8,13-28,47-50,55-56H,1-4,9-12,29-36H2. The highest BCUT2D eigenvalue weighted by atomic mass is 16.6. The highest BCUT2D eigenvalue weighted by Crippen LogP contribution is 2.41. The average molecular weight is 859 g/mol. The summed E-state index contributed by atoms with van der Waals surface area (Å²) in [6, 6.07) is 35.4. The maximum Gasteiger partial charge on any atom is 0.122 e. The largest absolute Gasteiger partial charge is 0.490 e. The second-order valence-electron chi connectivity index (χ2n) is 17.0. The highest BCUT2D eigenvalue weighted by molar-refractivity contribution is 5.54. The lowest BCUT2D eigenvalue weighted by Crippen LogP contribution is -2.11. The van der Waals surface area contributed by atoms with Crippen LogP contribution in [-0.4, -0.2) is 77.3 Å². The van der Waals surface area contributed by atoms with Crippen molar-refractivity contribution in [3.8, 4) is 23.0 Å². The molecule has 4 aliphatic heterocycles. The zero-order valence-corrected chi connectivity index (χ0v) is 36.6. The SMILES string of the molecule is C=CCc1cc(C(c2ccc(C(c3ccc(OCC4CO4)c(CC=C)c3)c3ccc(OCC4CO4)c(CC=C)c3)cc2)c2ccc(OCC3CO3)c(CC=C)c2)ccc1OCC1CO1. The third-order valence-corrected chi connectivity index (χ3v) is 12.0. The van der Waals surface area contributed by atoms with Crippen molar-refractivity contribution in [1.29, 1.82) is 0 Å². The van der Waals surface area contributed by atoms with Crippen LogP contribution in [0.1, 0.15) is 67.5 Å². The highest BCUT2D eigenvalue weighted by Gasteiger charge is 2.28. The van der Waals surface area contributed by atoms with Gasteiger partial charge in [0.15, 0.2) is 0 Å². The molecule has 0 saturated carbocycles. The molecular weight excluding hydrogens is 801 g/mol. The van der Waals surface area contributed by atoms with Crippen LogP contribution in [-0.2, 0) is 44.6 Å². The number of benzene rings is 5. The van der Waals surface area contributed by atoms with Crippen molar-refractivity contribution in [1.82, 2.24) is 0 Å². The van der Waals surface area contributed by atoms with Crippen molar-refractivity contribution in [2.24, 2.45) is 0 Å². The second kappa shape index (κ2) is 20.3. The minimum Gasteiger partial charge on any atom is -0.490 e. The number of allylic oxidation sites excluding steroid dienone is 4. The lowest BCUT2D eigenvalue weighted by molar-refractivity contribution is 0.261. The van der Waals surface area contributed by atoms with Gasteiger partial charge in [-0.15, -0.1) is 26.3 Å². The van der Waals surface area contributed by atoms with Crippen LogP contribution < -0.4 is 18.9 Å². The van der Waals surface area contributed by atoms with E-state index in [9.17, 15) is 0 Å². The van der Waals surface area contributed by atoms with E-state index in [-0.39, 0.29) is 36.3 Å². The van der Waals surface area contributed by atoms with Crippen molar-refractivity contribution >= 4 is 0 Å². The molecule has 4 fully saturated rings. The normalized spacial score (nSPS) is 20.0. The summed E-state index contributed by atoms with van der Waals surface area (Å²) in [6.07, 6.45) is 11.1. The first kappa shape index (κ1) is 43.4. The van der Waals surface area contributed by atoms with Gasteiger partial charge < -0.3 is 37.9 Å². The van der Waals surface area contributed by atoms with Crippen molar-refractivity contribution in [3.05, 3.63) is 203 Å². The molecule has 5 aromatic carbocycles. The van der Waals surface area contributed by atoms with E-state index in [2.05, 4.69) is 123 Å². The number of rotatable bonds is 26. The molecule has 4 heterocycles. The summed E-state index contributed by atoms with van der Waals surface area (Å²) in [4.78, 5) is 0. The molecule has 9 rings (SSSR count). The molecule has 4 atom stereocenters. The first-order valence-electron chi connectivity index (χ1n) is 22.5. The van der Waals surface area contributed by atoms with E-state index in [0.717, 1.165) is 105 Å². The molecule has 4 aliphatic rings. The van der Waals surface area contributed by atoms with Crippen molar-refractivity contribution in [2.45, 2.75) is 61.9 Å². The first-order chi connectivity index (χ1) is 31.5. The van der Waals surface area contributed by atoms with Gasteiger partial charge in [-0.3, -0.25) is 0 Å². The van der Waals surface area contributed by atoms with Gasteiger partial charge in [-0.2, -0.15) is 0 Å². The van der Waals surface area contributed by atoms with Crippen LogP contribution in [0.2, 0.25) is 0 Å². The maximum atomic E-state index is 6.27. The Hall–Kier alpha value is -5.90. The fourth-order valence-corrected chi connectivity index (χ4v) is 8.36. The molecule has 0 amide bonds. The predicted octanol–water partition coefficient (Wildman–Crippen LogP) is 10.1. The Morgan fingerprint density at radius 2 is 0.594 bits per heavy atom. The molecule has 0 aromatic heterocycles. The smallest absolute Gasteiger partial charge is 0.122 e. The number of hydrogen-bond donors (Lipinski definition) is 0. The molecule has 0 radical (unpaired) electrons. The number of epoxide rings is 4. The van der Waals surface area contributed by atoms with Gasteiger partial charge in [-0.25, -0.2) is 0 Å².